The number of carbonyl (C=O) groups is 2. The van der Waals surface area contributed by atoms with Gasteiger partial charge in [-0.1, -0.05) is 18.2 Å². The highest BCUT2D eigenvalue weighted by atomic mass is 16.5. The Labute approximate surface area is 153 Å². The lowest BCUT2D eigenvalue weighted by molar-refractivity contribution is -0.116. The summed E-state index contributed by atoms with van der Waals surface area (Å²) in [6.45, 7) is 2.86. The van der Waals surface area contributed by atoms with E-state index in [-0.39, 0.29) is 11.8 Å². The molecule has 0 spiro atoms. The van der Waals surface area contributed by atoms with E-state index in [4.69, 9.17) is 4.74 Å². The lowest BCUT2D eigenvalue weighted by Crippen LogP contribution is -2.23. The molecular weight excluding hydrogens is 330 g/mol. The highest BCUT2D eigenvalue weighted by Gasteiger charge is 2.04. The normalized spacial score (nSPS) is 10.2. The van der Waals surface area contributed by atoms with Gasteiger partial charge in [0.25, 0.3) is 0 Å². The maximum absolute atomic E-state index is 12.0. The van der Waals surface area contributed by atoms with Crippen LogP contribution in [0.3, 0.4) is 0 Å². The van der Waals surface area contributed by atoms with Crippen molar-refractivity contribution in [3.63, 3.8) is 0 Å². The van der Waals surface area contributed by atoms with Crippen molar-refractivity contribution in [2.45, 2.75) is 19.8 Å². The number of nitrogens with one attached hydrogen (secondary N) is 3. The molecule has 0 saturated carbocycles. The molecule has 0 radical (unpaired) electrons. The Hall–Kier alpha value is -2.86. The second-order valence-electron chi connectivity index (χ2n) is 5.91. The Morgan fingerprint density at radius 2 is 1.65 bits per heavy atom. The van der Waals surface area contributed by atoms with Gasteiger partial charge in [-0.3, -0.25) is 9.59 Å². The standard InChI is InChI=1S/C20H25N3O3/c1-15(24)22-17-4-3-5-18(14-17)23-20(25)11-13-21-12-10-16-6-8-19(26-2)9-7-16/h3-9,14,21H,10-13H2,1-2H3,(H,22,24)(H,23,25). The molecule has 0 heterocycles. The van der Waals surface area contributed by atoms with Gasteiger partial charge in [0.05, 0.1) is 7.11 Å². The molecule has 2 amide bonds. The van der Waals surface area contributed by atoms with E-state index < -0.39 is 0 Å². The molecule has 6 heteroatoms. The van der Waals surface area contributed by atoms with E-state index in [2.05, 4.69) is 16.0 Å². The zero-order chi connectivity index (χ0) is 18.8. The summed E-state index contributed by atoms with van der Waals surface area (Å²) in [6, 6.07) is 15.0. The van der Waals surface area contributed by atoms with Gasteiger partial charge in [0.1, 0.15) is 5.75 Å². The van der Waals surface area contributed by atoms with Crippen molar-refractivity contribution in [1.82, 2.24) is 5.32 Å². The molecule has 0 atom stereocenters. The van der Waals surface area contributed by atoms with Crippen LogP contribution in [0.1, 0.15) is 18.9 Å². The van der Waals surface area contributed by atoms with E-state index in [0.29, 0.717) is 24.3 Å². The minimum atomic E-state index is -0.144. The highest BCUT2D eigenvalue weighted by molar-refractivity contribution is 5.93. The minimum Gasteiger partial charge on any atom is -0.497 e. The van der Waals surface area contributed by atoms with Crippen molar-refractivity contribution in [3.05, 3.63) is 54.1 Å². The van der Waals surface area contributed by atoms with E-state index in [1.54, 1.807) is 31.4 Å². The van der Waals surface area contributed by atoms with E-state index in [1.165, 1.54) is 12.5 Å². The summed E-state index contributed by atoms with van der Waals surface area (Å²) in [4.78, 5) is 23.1. The van der Waals surface area contributed by atoms with Crippen molar-refractivity contribution in [2.75, 3.05) is 30.8 Å². The first kappa shape index (κ1) is 19.5. The number of ether oxygens (including phenoxy) is 1. The maximum Gasteiger partial charge on any atom is 0.225 e. The quantitative estimate of drug-likeness (QED) is 0.604. The molecule has 2 aromatic rings. The van der Waals surface area contributed by atoms with Crippen LogP contribution in [-0.2, 0) is 16.0 Å². The van der Waals surface area contributed by atoms with Crippen LogP contribution in [0.15, 0.2) is 48.5 Å². The van der Waals surface area contributed by atoms with Gasteiger partial charge in [0.2, 0.25) is 11.8 Å². The second kappa shape index (κ2) is 10.2. The van der Waals surface area contributed by atoms with Crippen molar-refractivity contribution in [3.8, 4) is 5.75 Å². The van der Waals surface area contributed by atoms with E-state index >= 15 is 0 Å². The van der Waals surface area contributed by atoms with E-state index in [9.17, 15) is 9.59 Å². The fraction of sp³-hybridized carbons (Fsp3) is 0.300. The van der Waals surface area contributed by atoms with Gasteiger partial charge in [-0.2, -0.15) is 0 Å². The molecule has 0 aliphatic heterocycles. The van der Waals surface area contributed by atoms with Crippen LogP contribution in [-0.4, -0.2) is 32.0 Å². The predicted molar refractivity (Wildman–Crippen MR) is 104 cm³/mol. The predicted octanol–water partition coefficient (Wildman–Crippen LogP) is 2.81. The fourth-order valence-electron chi connectivity index (χ4n) is 2.45. The lowest BCUT2D eigenvalue weighted by atomic mass is 10.1. The summed E-state index contributed by atoms with van der Waals surface area (Å²) >= 11 is 0. The molecular formula is C20H25N3O3. The first-order chi connectivity index (χ1) is 12.6. The Morgan fingerprint density at radius 1 is 0.962 bits per heavy atom. The zero-order valence-corrected chi connectivity index (χ0v) is 15.2. The number of rotatable bonds is 9. The molecule has 0 bridgehead atoms. The lowest BCUT2D eigenvalue weighted by Gasteiger charge is -2.09. The number of carbonyl (C=O) groups excluding carboxylic acids is 2. The molecule has 2 aromatic carbocycles. The van der Waals surface area contributed by atoms with Crippen LogP contribution in [0, 0.1) is 0 Å². The highest BCUT2D eigenvalue weighted by Crippen LogP contribution is 2.15. The summed E-state index contributed by atoms with van der Waals surface area (Å²) in [5.74, 6) is 0.636. The van der Waals surface area contributed by atoms with Crippen LogP contribution in [0.5, 0.6) is 5.75 Å². The third-order valence-electron chi connectivity index (χ3n) is 3.75. The molecule has 0 saturated heterocycles. The summed E-state index contributed by atoms with van der Waals surface area (Å²) in [5.41, 5.74) is 2.55. The number of benzene rings is 2. The second-order valence-corrected chi connectivity index (χ2v) is 5.91. The van der Waals surface area contributed by atoms with Crippen LogP contribution in [0.2, 0.25) is 0 Å². The fourth-order valence-corrected chi connectivity index (χ4v) is 2.45. The van der Waals surface area contributed by atoms with Gasteiger partial charge >= 0.3 is 0 Å². The molecule has 0 aliphatic carbocycles. The molecule has 0 aromatic heterocycles. The van der Waals surface area contributed by atoms with Gasteiger partial charge in [-0.15, -0.1) is 0 Å². The Morgan fingerprint density at radius 3 is 2.31 bits per heavy atom. The van der Waals surface area contributed by atoms with Crippen LogP contribution < -0.4 is 20.7 Å². The van der Waals surface area contributed by atoms with E-state index in [1.807, 2.05) is 24.3 Å². The largest absolute Gasteiger partial charge is 0.497 e. The summed E-state index contributed by atoms with van der Waals surface area (Å²) in [6.07, 6.45) is 1.28. The minimum absolute atomic E-state index is 0.0677. The average molecular weight is 355 g/mol. The third-order valence-corrected chi connectivity index (χ3v) is 3.75. The van der Waals surface area contributed by atoms with Gasteiger partial charge in [-0.05, 0) is 48.9 Å². The van der Waals surface area contributed by atoms with Crippen molar-refractivity contribution >= 4 is 23.2 Å². The van der Waals surface area contributed by atoms with Gasteiger partial charge in [0.15, 0.2) is 0 Å². The van der Waals surface area contributed by atoms with Crippen molar-refractivity contribution in [1.29, 1.82) is 0 Å². The molecule has 138 valence electrons. The molecule has 0 unspecified atom stereocenters. The van der Waals surface area contributed by atoms with Crippen LogP contribution >= 0.6 is 0 Å². The molecule has 6 nitrogen and oxygen atoms in total. The van der Waals surface area contributed by atoms with Crippen LogP contribution in [0.4, 0.5) is 11.4 Å². The Bertz CT molecular complexity index is 729. The SMILES string of the molecule is COc1ccc(CCNCCC(=O)Nc2cccc(NC(C)=O)c2)cc1. The Kier molecular flexibility index (Phi) is 7.64. The molecule has 2 rings (SSSR count). The van der Waals surface area contributed by atoms with Gasteiger partial charge in [0, 0.05) is 31.3 Å². The van der Waals surface area contributed by atoms with Crippen LogP contribution in [0.25, 0.3) is 0 Å². The summed E-state index contributed by atoms with van der Waals surface area (Å²) in [7, 11) is 1.65. The smallest absolute Gasteiger partial charge is 0.225 e. The number of methoxy groups -OCH3 is 1. The van der Waals surface area contributed by atoms with Gasteiger partial charge < -0.3 is 20.7 Å². The number of amides is 2. The molecule has 26 heavy (non-hydrogen) atoms. The first-order valence-corrected chi connectivity index (χ1v) is 8.58. The topological polar surface area (TPSA) is 79.5 Å². The molecule has 3 N–H and O–H groups in total. The van der Waals surface area contributed by atoms with Crippen molar-refractivity contribution < 1.29 is 14.3 Å². The van der Waals surface area contributed by atoms with Crippen molar-refractivity contribution in [2.24, 2.45) is 0 Å². The number of anilines is 2. The summed E-state index contributed by atoms with van der Waals surface area (Å²) in [5, 5.41) is 8.79. The van der Waals surface area contributed by atoms with Gasteiger partial charge in [-0.25, -0.2) is 0 Å². The maximum atomic E-state index is 12.0. The monoisotopic (exact) mass is 355 g/mol. The number of hydrogen-bond acceptors (Lipinski definition) is 4. The van der Waals surface area contributed by atoms with E-state index in [0.717, 1.165) is 18.7 Å². The average Bonchev–Trinajstić information content (AvgIpc) is 2.61. The third kappa shape index (κ3) is 6.94. The molecule has 0 aliphatic rings. The summed E-state index contributed by atoms with van der Waals surface area (Å²) < 4.78 is 5.13. The molecule has 0 fully saturated rings. The Balaban J connectivity index is 1.66. The zero-order valence-electron chi connectivity index (χ0n) is 15.2. The number of hydrogen-bond donors (Lipinski definition) is 3. The first-order valence-electron chi connectivity index (χ1n) is 8.58.